The van der Waals surface area contributed by atoms with Crippen molar-refractivity contribution in [3.05, 3.63) is 65.6 Å². The molecule has 0 radical (unpaired) electrons. The third-order valence-corrected chi connectivity index (χ3v) is 5.90. The minimum atomic E-state index is -0.476. The monoisotopic (exact) mass is 438 g/mol. The number of carbonyl (C=O) groups excluding carboxylic acids is 2. The number of methoxy groups -OCH3 is 1. The number of hydrogen-bond donors (Lipinski definition) is 0. The lowest BCUT2D eigenvalue weighted by molar-refractivity contribution is 0.0560. The molecule has 0 spiro atoms. The topological polar surface area (TPSA) is 72.2 Å². The number of esters is 1. The molecular weight excluding hydrogens is 408 g/mol. The van der Waals surface area contributed by atoms with E-state index < -0.39 is 5.97 Å². The Labute approximate surface area is 188 Å². The molecule has 2 aliphatic rings. The van der Waals surface area contributed by atoms with Gasteiger partial charge in [0.1, 0.15) is 17.6 Å². The molecule has 1 aliphatic carbocycles. The fourth-order valence-electron chi connectivity index (χ4n) is 4.14. The van der Waals surface area contributed by atoms with Crippen molar-refractivity contribution in [2.45, 2.75) is 38.3 Å². The van der Waals surface area contributed by atoms with Gasteiger partial charge in [-0.1, -0.05) is 6.08 Å². The van der Waals surface area contributed by atoms with Crippen LogP contribution in [0.25, 0.3) is 0 Å². The van der Waals surface area contributed by atoms with Crippen LogP contribution in [0.15, 0.2) is 53.0 Å². The summed E-state index contributed by atoms with van der Waals surface area (Å²) in [6.07, 6.45) is 8.59. The van der Waals surface area contributed by atoms with Gasteiger partial charge in [-0.25, -0.2) is 4.79 Å². The van der Waals surface area contributed by atoms with Crippen molar-refractivity contribution >= 4 is 11.9 Å². The van der Waals surface area contributed by atoms with Crippen molar-refractivity contribution in [1.29, 1.82) is 0 Å². The van der Waals surface area contributed by atoms with E-state index in [1.807, 2.05) is 29.2 Å². The van der Waals surface area contributed by atoms with Crippen LogP contribution in [0.5, 0.6) is 5.75 Å². The van der Waals surface area contributed by atoms with E-state index in [-0.39, 0.29) is 17.8 Å². The zero-order chi connectivity index (χ0) is 22.3. The number of benzene rings is 1. The molecule has 7 heteroatoms. The van der Waals surface area contributed by atoms with Crippen molar-refractivity contribution in [2.24, 2.45) is 0 Å². The third-order valence-electron chi connectivity index (χ3n) is 5.90. The van der Waals surface area contributed by atoms with Gasteiger partial charge in [0.05, 0.1) is 13.7 Å². The lowest BCUT2D eigenvalue weighted by atomic mass is 10.1. The Morgan fingerprint density at radius 1 is 1.03 bits per heavy atom. The summed E-state index contributed by atoms with van der Waals surface area (Å²) < 4.78 is 16.3. The summed E-state index contributed by atoms with van der Waals surface area (Å²) in [5, 5.41) is 0. The number of carbonyl (C=O) groups is 2. The fourth-order valence-corrected chi connectivity index (χ4v) is 4.14. The van der Waals surface area contributed by atoms with E-state index in [1.165, 1.54) is 7.11 Å². The SMILES string of the molecule is COC(=O)c1ccc(CN2CCCN(C(=O)c3ccc(OC4C=CCCC4)cc3)CC2)o1. The molecular formula is C25H30N2O5. The number of allylic oxidation sites excluding steroid dienone is 1. The maximum Gasteiger partial charge on any atom is 0.373 e. The fraction of sp³-hybridized carbons (Fsp3) is 0.440. The molecule has 1 aromatic heterocycles. The van der Waals surface area contributed by atoms with Gasteiger partial charge < -0.3 is 18.8 Å². The van der Waals surface area contributed by atoms with E-state index in [1.54, 1.807) is 12.1 Å². The zero-order valence-electron chi connectivity index (χ0n) is 18.5. The van der Waals surface area contributed by atoms with Crippen LogP contribution in [-0.2, 0) is 11.3 Å². The maximum atomic E-state index is 13.0. The summed E-state index contributed by atoms with van der Waals surface area (Å²) in [5.74, 6) is 1.29. The molecule has 0 bridgehead atoms. The molecule has 170 valence electrons. The van der Waals surface area contributed by atoms with Crippen LogP contribution in [0.4, 0.5) is 0 Å². The van der Waals surface area contributed by atoms with Crippen LogP contribution in [0.3, 0.4) is 0 Å². The molecule has 1 atom stereocenters. The summed E-state index contributed by atoms with van der Waals surface area (Å²) in [6.45, 7) is 3.57. The lowest BCUT2D eigenvalue weighted by Crippen LogP contribution is -2.35. The van der Waals surface area contributed by atoms with Gasteiger partial charge >= 0.3 is 5.97 Å². The predicted molar refractivity (Wildman–Crippen MR) is 120 cm³/mol. The molecule has 0 saturated carbocycles. The van der Waals surface area contributed by atoms with Crippen LogP contribution in [0, 0.1) is 0 Å². The first-order valence-electron chi connectivity index (χ1n) is 11.2. The molecule has 1 saturated heterocycles. The smallest absolute Gasteiger partial charge is 0.373 e. The second-order valence-corrected chi connectivity index (χ2v) is 8.22. The standard InChI is InChI=1S/C25H30N2O5/c1-30-25(29)23-13-12-22(32-23)18-26-14-5-15-27(17-16-26)24(28)19-8-10-21(11-9-19)31-20-6-3-2-4-7-20/h3,6,8-13,20H,2,4-5,7,14-18H2,1H3. The molecule has 32 heavy (non-hydrogen) atoms. The van der Waals surface area contributed by atoms with Gasteiger partial charge in [0.2, 0.25) is 5.76 Å². The first kappa shape index (κ1) is 22.1. The van der Waals surface area contributed by atoms with Crippen molar-refractivity contribution in [3.63, 3.8) is 0 Å². The number of hydrogen-bond acceptors (Lipinski definition) is 6. The van der Waals surface area contributed by atoms with Crippen molar-refractivity contribution in [3.8, 4) is 5.75 Å². The van der Waals surface area contributed by atoms with Gasteiger partial charge in [-0.05, 0) is 68.2 Å². The van der Waals surface area contributed by atoms with Gasteiger partial charge in [0.25, 0.3) is 5.91 Å². The summed E-state index contributed by atoms with van der Waals surface area (Å²) in [6, 6.07) is 10.9. The van der Waals surface area contributed by atoms with Crippen molar-refractivity contribution in [2.75, 3.05) is 33.3 Å². The van der Waals surface area contributed by atoms with E-state index in [0.717, 1.165) is 44.5 Å². The Bertz CT molecular complexity index is 949. The van der Waals surface area contributed by atoms with Crippen molar-refractivity contribution in [1.82, 2.24) is 9.80 Å². The number of amides is 1. The summed E-state index contributed by atoms with van der Waals surface area (Å²) in [7, 11) is 1.33. The molecule has 1 unspecified atom stereocenters. The maximum absolute atomic E-state index is 13.0. The Morgan fingerprint density at radius 2 is 1.88 bits per heavy atom. The van der Waals surface area contributed by atoms with Gasteiger partial charge in [0.15, 0.2) is 0 Å². The number of nitrogens with zero attached hydrogens (tertiary/aromatic N) is 2. The summed E-state index contributed by atoms with van der Waals surface area (Å²) >= 11 is 0. The largest absolute Gasteiger partial charge is 0.486 e. The van der Waals surface area contributed by atoms with Gasteiger partial charge in [-0.2, -0.15) is 0 Å². The van der Waals surface area contributed by atoms with Gasteiger partial charge in [-0.15, -0.1) is 0 Å². The Balaban J connectivity index is 1.30. The van der Waals surface area contributed by atoms with E-state index in [2.05, 4.69) is 21.8 Å². The summed E-state index contributed by atoms with van der Waals surface area (Å²) in [4.78, 5) is 28.7. The quantitative estimate of drug-likeness (QED) is 0.503. The molecule has 7 nitrogen and oxygen atoms in total. The molecule has 1 amide bonds. The normalized spacial score (nSPS) is 19.4. The van der Waals surface area contributed by atoms with Gasteiger partial charge in [-0.3, -0.25) is 9.69 Å². The average Bonchev–Trinajstić information content (AvgIpc) is 3.17. The van der Waals surface area contributed by atoms with Crippen LogP contribution in [0.1, 0.15) is 52.4 Å². The zero-order valence-corrected chi connectivity index (χ0v) is 18.5. The highest BCUT2D eigenvalue weighted by molar-refractivity contribution is 5.94. The second kappa shape index (κ2) is 10.5. The first-order valence-corrected chi connectivity index (χ1v) is 11.2. The Morgan fingerprint density at radius 3 is 2.62 bits per heavy atom. The second-order valence-electron chi connectivity index (χ2n) is 8.22. The van der Waals surface area contributed by atoms with Crippen LogP contribution < -0.4 is 4.74 Å². The number of rotatable bonds is 6. The molecule has 4 rings (SSSR count). The highest BCUT2D eigenvalue weighted by atomic mass is 16.5. The van der Waals surface area contributed by atoms with Gasteiger partial charge in [0, 0.05) is 31.7 Å². The number of furan rings is 1. The molecule has 2 aromatic rings. The molecule has 1 fully saturated rings. The van der Waals surface area contributed by atoms with E-state index >= 15 is 0 Å². The van der Waals surface area contributed by atoms with E-state index in [0.29, 0.717) is 31.0 Å². The highest BCUT2D eigenvalue weighted by Gasteiger charge is 2.22. The predicted octanol–water partition coefficient (Wildman–Crippen LogP) is 3.90. The Hall–Kier alpha value is -3.06. The number of ether oxygens (including phenoxy) is 2. The van der Waals surface area contributed by atoms with Crippen LogP contribution in [-0.4, -0.2) is 61.1 Å². The summed E-state index contributed by atoms with van der Waals surface area (Å²) in [5.41, 5.74) is 0.679. The molecule has 1 aromatic carbocycles. The third kappa shape index (κ3) is 5.59. The minimum absolute atomic E-state index is 0.0435. The lowest BCUT2D eigenvalue weighted by Gasteiger charge is -2.22. The van der Waals surface area contributed by atoms with Crippen LogP contribution >= 0.6 is 0 Å². The molecule has 0 N–H and O–H groups in total. The Kier molecular flexibility index (Phi) is 7.27. The highest BCUT2D eigenvalue weighted by Crippen LogP contribution is 2.21. The van der Waals surface area contributed by atoms with Crippen LogP contribution in [0.2, 0.25) is 0 Å². The molecule has 2 heterocycles. The minimum Gasteiger partial charge on any atom is -0.486 e. The van der Waals surface area contributed by atoms with E-state index in [9.17, 15) is 9.59 Å². The first-order chi connectivity index (χ1) is 15.6. The van der Waals surface area contributed by atoms with Crippen molar-refractivity contribution < 1.29 is 23.5 Å². The molecule has 1 aliphatic heterocycles. The average molecular weight is 439 g/mol. The van der Waals surface area contributed by atoms with E-state index in [4.69, 9.17) is 9.15 Å².